The van der Waals surface area contributed by atoms with Crippen molar-refractivity contribution in [3.8, 4) is 0 Å². The van der Waals surface area contributed by atoms with Crippen LogP contribution < -0.4 is 0 Å². The molecule has 2 aromatic rings. The summed E-state index contributed by atoms with van der Waals surface area (Å²) >= 11 is 1.40. The third-order valence-corrected chi connectivity index (χ3v) is 4.95. The minimum absolute atomic E-state index is 0.251. The number of hydrogen-bond donors (Lipinski definition) is 0. The topological polar surface area (TPSA) is 55.7 Å². The van der Waals surface area contributed by atoms with Crippen molar-refractivity contribution in [2.75, 3.05) is 7.11 Å². The van der Waals surface area contributed by atoms with Gasteiger partial charge >= 0.3 is 5.97 Å². The Labute approximate surface area is 144 Å². The SMILES string of the molecule is COC(=O)C1C(=O)c2ccccc2N=C1SCc1ccc(C)cc1. The Morgan fingerprint density at radius 2 is 1.88 bits per heavy atom. The first kappa shape index (κ1) is 16.5. The molecule has 5 heteroatoms. The zero-order valence-electron chi connectivity index (χ0n) is 13.5. The molecule has 3 rings (SSSR count). The Morgan fingerprint density at radius 1 is 1.17 bits per heavy atom. The Bertz CT molecular complexity index is 812. The molecule has 1 atom stereocenters. The van der Waals surface area contributed by atoms with Crippen molar-refractivity contribution in [1.29, 1.82) is 0 Å². The minimum atomic E-state index is -0.972. The number of methoxy groups -OCH3 is 1. The summed E-state index contributed by atoms with van der Waals surface area (Å²) in [7, 11) is 1.29. The van der Waals surface area contributed by atoms with Crippen LogP contribution in [0.4, 0.5) is 5.69 Å². The van der Waals surface area contributed by atoms with Crippen molar-refractivity contribution in [2.45, 2.75) is 12.7 Å². The molecule has 1 unspecified atom stereocenters. The summed E-state index contributed by atoms with van der Waals surface area (Å²) in [6.07, 6.45) is 0. The highest BCUT2D eigenvalue weighted by Gasteiger charge is 2.38. The summed E-state index contributed by atoms with van der Waals surface area (Å²) in [5.74, 6) is -1.15. The number of esters is 1. The molecule has 0 spiro atoms. The molecule has 0 saturated carbocycles. The van der Waals surface area contributed by atoms with Gasteiger partial charge in [-0.15, -0.1) is 11.8 Å². The Kier molecular flexibility index (Phi) is 4.81. The molecule has 0 bridgehead atoms. The number of thioether (sulfide) groups is 1. The number of fused-ring (bicyclic) bond motifs is 1. The molecule has 2 aromatic carbocycles. The summed E-state index contributed by atoms with van der Waals surface area (Å²) in [5, 5.41) is 0.492. The molecule has 0 amide bonds. The van der Waals surface area contributed by atoms with E-state index in [0.717, 1.165) is 5.56 Å². The summed E-state index contributed by atoms with van der Waals surface area (Å²) < 4.78 is 4.82. The molecule has 4 nitrogen and oxygen atoms in total. The highest BCUT2D eigenvalue weighted by atomic mass is 32.2. The van der Waals surface area contributed by atoms with Crippen LogP contribution >= 0.6 is 11.8 Å². The number of Topliss-reactive ketones (excluding diaryl/α,β-unsaturated/α-hetero) is 1. The second-order valence-corrected chi connectivity index (χ2v) is 6.56. The lowest BCUT2D eigenvalue weighted by molar-refractivity contribution is -0.141. The highest BCUT2D eigenvalue weighted by molar-refractivity contribution is 8.13. The number of ether oxygens (including phenoxy) is 1. The van der Waals surface area contributed by atoms with Crippen molar-refractivity contribution in [1.82, 2.24) is 0 Å². The number of carbonyl (C=O) groups is 2. The molecule has 24 heavy (non-hydrogen) atoms. The van der Waals surface area contributed by atoms with E-state index in [1.807, 2.05) is 37.3 Å². The third-order valence-electron chi connectivity index (χ3n) is 3.85. The number of nitrogens with zero attached hydrogens (tertiary/aromatic N) is 1. The summed E-state index contributed by atoms with van der Waals surface area (Å²) in [6.45, 7) is 2.03. The maximum Gasteiger partial charge on any atom is 0.323 e. The van der Waals surface area contributed by atoms with Crippen LogP contribution in [0.25, 0.3) is 0 Å². The van der Waals surface area contributed by atoms with Gasteiger partial charge in [-0.2, -0.15) is 0 Å². The molecule has 1 heterocycles. The largest absolute Gasteiger partial charge is 0.468 e. The van der Waals surface area contributed by atoms with Gasteiger partial charge < -0.3 is 4.74 Å². The van der Waals surface area contributed by atoms with E-state index in [9.17, 15) is 9.59 Å². The molecule has 0 N–H and O–H groups in total. The van der Waals surface area contributed by atoms with Crippen molar-refractivity contribution in [2.24, 2.45) is 10.9 Å². The number of benzene rings is 2. The van der Waals surface area contributed by atoms with Crippen LogP contribution in [0.2, 0.25) is 0 Å². The smallest absolute Gasteiger partial charge is 0.323 e. The minimum Gasteiger partial charge on any atom is -0.468 e. The van der Waals surface area contributed by atoms with Crippen molar-refractivity contribution in [3.63, 3.8) is 0 Å². The number of hydrogen-bond acceptors (Lipinski definition) is 5. The quantitative estimate of drug-likeness (QED) is 0.628. The first-order chi connectivity index (χ1) is 11.6. The average molecular weight is 339 g/mol. The Hall–Kier alpha value is -2.40. The standard InChI is InChI=1S/C19H17NO3S/c1-12-7-9-13(10-8-12)11-24-18-16(19(22)23-2)17(21)14-5-3-4-6-15(14)20-18/h3-10,16H,11H2,1-2H3. The van der Waals surface area contributed by atoms with Crippen LogP contribution in [0.5, 0.6) is 0 Å². The summed E-state index contributed by atoms with van der Waals surface area (Å²) in [4.78, 5) is 29.3. The summed E-state index contributed by atoms with van der Waals surface area (Å²) in [6, 6.07) is 15.2. The third kappa shape index (κ3) is 3.26. The molecular formula is C19H17NO3S. The average Bonchev–Trinajstić information content (AvgIpc) is 2.61. The lowest BCUT2D eigenvalue weighted by atomic mass is 9.94. The van der Waals surface area contributed by atoms with Crippen LogP contribution in [0.15, 0.2) is 53.5 Å². The number of aryl methyl sites for hydroxylation is 1. The monoisotopic (exact) mass is 339 g/mol. The van der Waals surface area contributed by atoms with Crippen molar-refractivity contribution in [3.05, 3.63) is 65.2 Å². The second kappa shape index (κ2) is 7.01. The van der Waals surface area contributed by atoms with Gasteiger partial charge in [0.15, 0.2) is 11.7 Å². The second-order valence-electron chi connectivity index (χ2n) is 5.56. The first-order valence-electron chi connectivity index (χ1n) is 7.58. The maximum absolute atomic E-state index is 12.7. The molecule has 1 aliphatic heterocycles. The lowest BCUT2D eigenvalue weighted by Gasteiger charge is -2.21. The molecule has 122 valence electrons. The number of para-hydroxylation sites is 1. The van der Waals surface area contributed by atoms with Gasteiger partial charge in [0.25, 0.3) is 0 Å². The first-order valence-corrected chi connectivity index (χ1v) is 8.56. The predicted molar refractivity (Wildman–Crippen MR) is 95.8 cm³/mol. The highest BCUT2D eigenvalue weighted by Crippen LogP contribution is 2.33. The van der Waals surface area contributed by atoms with Gasteiger partial charge in [-0.05, 0) is 24.6 Å². The number of ketones is 1. The molecule has 0 aromatic heterocycles. The molecule has 1 aliphatic rings. The Morgan fingerprint density at radius 3 is 2.58 bits per heavy atom. The molecule has 0 fully saturated rings. The van der Waals surface area contributed by atoms with E-state index in [4.69, 9.17) is 4.74 Å². The maximum atomic E-state index is 12.7. The van der Waals surface area contributed by atoms with E-state index in [0.29, 0.717) is 22.0 Å². The molecule has 0 radical (unpaired) electrons. The van der Waals surface area contributed by atoms with Crippen LogP contribution in [0.3, 0.4) is 0 Å². The van der Waals surface area contributed by atoms with Gasteiger partial charge in [0.2, 0.25) is 0 Å². The number of carbonyl (C=O) groups excluding carboxylic acids is 2. The van der Waals surface area contributed by atoms with E-state index < -0.39 is 11.9 Å². The van der Waals surface area contributed by atoms with Gasteiger partial charge in [-0.1, -0.05) is 42.0 Å². The summed E-state index contributed by atoms with van der Waals surface area (Å²) in [5.41, 5.74) is 3.38. The molecular weight excluding hydrogens is 322 g/mol. The van der Waals surface area contributed by atoms with Crippen LogP contribution in [-0.2, 0) is 15.3 Å². The zero-order valence-corrected chi connectivity index (χ0v) is 14.3. The van der Waals surface area contributed by atoms with Crippen LogP contribution in [0.1, 0.15) is 21.5 Å². The molecule has 0 saturated heterocycles. The van der Waals surface area contributed by atoms with Gasteiger partial charge in [-0.25, -0.2) is 4.99 Å². The van der Waals surface area contributed by atoms with Crippen LogP contribution in [0, 0.1) is 12.8 Å². The number of aliphatic imine (C=N–C) groups is 1. The fraction of sp³-hybridized carbons (Fsp3) is 0.211. The van der Waals surface area contributed by atoms with Gasteiger partial charge in [0.05, 0.1) is 17.8 Å². The lowest BCUT2D eigenvalue weighted by Crippen LogP contribution is -2.33. The zero-order chi connectivity index (χ0) is 17.1. The van der Waals surface area contributed by atoms with E-state index in [1.165, 1.54) is 24.4 Å². The van der Waals surface area contributed by atoms with E-state index in [2.05, 4.69) is 4.99 Å². The van der Waals surface area contributed by atoms with Crippen molar-refractivity contribution < 1.29 is 14.3 Å². The fourth-order valence-corrected chi connectivity index (χ4v) is 3.55. The number of rotatable bonds is 3. The van der Waals surface area contributed by atoms with E-state index in [-0.39, 0.29) is 5.78 Å². The van der Waals surface area contributed by atoms with Gasteiger partial charge in [-0.3, -0.25) is 9.59 Å². The normalized spacial score (nSPS) is 16.3. The van der Waals surface area contributed by atoms with Crippen molar-refractivity contribution >= 4 is 34.2 Å². The van der Waals surface area contributed by atoms with E-state index in [1.54, 1.807) is 18.2 Å². The van der Waals surface area contributed by atoms with Crippen LogP contribution in [-0.4, -0.2) is 23.9 Å². The van der Waals surface area contributed by atoms with Gasteiger partial charge in [0, 0.05) is 11.3 Å². The predicted octanol–water partition coefficient (Wildman–Crippen LogP) is 3.94. The molecule has 0 aliphatic carbocycles. The Balaban J connectivity index is 1.90. The van der Waals surface area contributed by atoms with Gasteiger partial charge in [0.1, 0.15) is 0 Å². The fourth-order valence-electron chi connectivity index (χ4n) is 2.51. The van der Waals surface area contributed by atoms with E-state index >= 15 is 0 Å².